The Labute approximate surface area is 141 Å². The van der Waals surface area contributed by atoms with Crippen molar-refractivity contribution in [1.29, 1.82) is 0 Å². The number of alkyl halides is 1. The Morgan fingerprint density at radius 2 is 2.00 bits per heavy atom. The van der Waals surface area contributed by atoms with E-state index in [1.807, 2.05) is 13.0 Å². The van der Waals surface area contributed by atoms with Crippen molar-refractivity contribution in [2.75, 3.05) is 11.9 Å². The molecule has 0 aromatic heterocycles. The third-order valence-electron chi connectivity index (χ3n) is 4.14. The lowest BCUT2D eigenvalue weighted by molar-refractivity contribution is -0.386. The molecule has 1 fully saturated rings. The van der Waals surface area contributed by atoms with Gasteiger partial charge in [-0.05, 0) is 31.4 Å². The van der Waals surface area contributed by atoms with Gasteiger partial charge >= 0.3 is 5.69 Å². The molecule has 0 amide bonds. The molecule has 2 rings (SSSR count). The van der Waals surface area contributed by atoms with Crippen LogP contribution in [-0.2, 0) is 0 Å². The molecule has 1 aromatic carbocycles. The fourth-order valence-corrected chi connectivity index (χ4v) is 4.16. The molecule has 0 N–H and O–H groups in total. The van der Waals surface area contributed by atoms with Crippen LogP contribution in [0.3, 0.4) is 0 Å². The normalized spacial score (nSPS) is 17.5. The number of nitrogens with zero attached hydrogens (tertiary/aromatic N) is 1. The summed E-state index contributed by atoms with van der Waals surface area (Å²) >= 11 is 6.90. The average molecular weight is 421 g/mol. The number of rotatable bonds is 5. The first-order valence-corrected chi connectivity index (χ1v) is 9.02. The molecule has 1 aliphatic rings. The Balaban J connectivity index is 2.21. The maximum atomic E-state index is 11.2. The molecule has 0 bridgehead atoms. The fraction of sp³-hybridized carbons (Fsp3) is 0.600. The largest absolute Gasteiger partial charge is 0.486 e. The van der Waals surface area contributed by atoms with Gasteiger partial charge in [-0.25, -0.2) is 0 Å². The molecule has 1 saturated carbocycles. The molecule has 0 radical (unpaired) electrons. The summed E-state index contributed by atoms with van der Waals surface area (Å²) in [6, 6.07) is 3.36. The zero-order chi connectivity index (χ0) is 15.5. The van der Waals surface area contributed by atoms with Crippen molar-refractivity contribution in [3.05, 3.63) is 32.3 Å². The lowest BCUT2D eigenvalue weighted by Crippen LogP contribution is -2.33. The second-order valence-corrected chi connectivity index (χ2v) is 7.29. The molecule has 0 spiro atoms. The van der Waals surface area contributed by atoms with E-state index in [0.29, 0.717) is 16.8 Å². The number of benzene rings is 1. The molecular weight excluding hydrogens is 402 g/mol. The zero-order valence-corrected chi connectivity index (χ0v) is 15.2. The topological polar surface area (TPSA) is 52.4 Å². The second kappa shape index (κ2) is 7.09. The number of aryl methyl sites for hydroxylation is 1. The van der Waals surface area contributed by atoms with Gasteiger partial charge in [0, 0.05) is 21.3 Å². The van der Waals surface area contributed by atoms with Gasteiger partial charge in [0.15, 0.2) is 5.75 Å². The minimum absolute atomic E-state index is 0.0300. The van der Waals surface area contributed by atoms with Gasteiger partial charge in [0.1, 0.15) is 0 Å². The summed E-state index contributed by atoms with van der Waals surface area (Å²) in [6.07, 6.45) is 5.90. The molecule has 0 heterocycles. The van der Waals surface area contributed by atoms with Crippen molar-refractivity contribution in [2.24, 2.45) is 5.41 Å². The highest BCUT2D eigenvalue weighted by Crippen LogP contribution is 2.40. The molecule has 21 heavy (non-hydrogen) atoms. The van der Waals surface area contributed by atoms with E-state index < -0.39 is 0 Å². The van der Waals surface area contributed by atoms with Crippen molar-refractivity contribution in [1.82, 2.24) is 0 Å². The van der Waals surface area contributed by atoms with Gasteiger partial charge in [0.2, 0.25) is 0 Å². The van der Waals surface area contributed by atoms with Crippen LogP contribution < -0.4 is 4.74 Å². The fourth-order valence-electron chi connectivity index (χ4n) is 2.88. The zero-order valence-electron chi connectivity index (χ0n) is 12.0. The number of halogens is 2. The smallest absolute Gasteiger partial charge is 0.312 e. The van der Waals surface area contributed by atoms with Crippen LogP contribution in [0.5, 0.6) is 5.75 Å². The number of nitro benzene ring substituents is 1. The highest BCUT2D eigenvalue weighted by molar-refractivity contribution is 9.10. The lowest BCUT2D eigenvalue weighted by atomic mass is 9.76. The first-order chi connectivity index (χ1) is 9.97. The van der Waals surface area contributed by atoms with Crippen molar-refractivity contribution >= 4 is 37.5 Å². The molecule has 0 saturated heterocycles. The van der Waals surface area contributed by atoms with E-state index in [9.17, 15) is 10.1 Å². The van der Waals surface area contributed by atoms with Crippen LogP contribution in [0.4, 0.5) is 5.69 Å². The molecule has 0 atom stereocenters. The molecule has 4 nitrogen and oxygen atoms in total. The maximum absolute atomic E-state index is 11.2. The van der Waals surface area contributed by atoms with Crippen molar-refractivity contribution < 1.29 is 9.66 Å². The quantitative estimate of drug-likeness (QED) is 0.364. The van der Waals surface area contributed by atoms with Gasteiger partial charge in [-0.2, -0.15) is 0 Å². The van der Waals surface area contributed by atoms with E-state index in [2.05, 4.69) is 31.9 Å². The van der Waals surface area contributed by atoms with E-state index in [-0.39, 0.29) is 16.0 Å². The SMILES string of the molecule is Cc1cc(Br)cc([N+](=O)[O-])c1OCC1(CBr)CCCCC1. The lowest BCUT2D eigenvalue weighted by Gasteiger charge is -2.35. The van der Waals surface area contributed by atoms with Crippen molar-refractivity contribution in [3.8, 4) is 5.75 Å². The summed E-state index contributed by atoms with van der Waals surface area (Å²) in [4.78, 5) is 10.8. The Morgan fingerprint density at radius 3 is 2.57 bits per heavy atom. The van der Waals surface area contributed by atoms with Gasteiger partial charge in [-0.15, -0.1) is 0 Å². The number of hydrogen-bond acceptors (Lipinski definition) is 3. The Hall–Kier alpha value is -0.620. The minimum Gasteiger partial charge on any atom is -0.486 e. The highest BCUT2D eigenvalue weighted by Gasteiger charge is 2.33. The first-order valence-electron chi connectivity index (χ1n) is 7.11. The van der Waals surface area contributed by atoms with E-state index in [4.69, 9.17) is 4.74 Å². The molecule has 0 aliphatic heterocycles. The van der Waals surface area contributed by atoms with E-state index in [0.717, 1.165) is 23.7 Å². The van der Waals surface area contributed by atoms with Crippen LogP contribution >= 0.6 is 31.9 Å². The molecule has 1 aliphatic carbocycles. The van der Waals surface area contributed by atoms with Gasteiger partial charge in [-0.1, -0.05) is 51.1 Å². The van der Waals surface area contributed by atoms with Crippen molar-refractivity contribution in [2.45, 2.75) is 39.0 Å². The van der Waals surface area contributed by atoms with Gasteiger partial charge in [0.25, 0.3) is 0 Å². The summed E-state index contributed by atoms with van der Waals surface area (Å²) in [5, 5.41) is 12.1. The third-order valence-corrected chi connectivity index (χ3v) is 5.78. The molecular formula is C15H19Br2NO3. The first kappa shape index (κ1) is 16.7. The number of hydrogen-bond donors (Lipinski definition) is 0. The van der Waals surface area contributed by atoms with E-state index >= 15 is 0 Å². The second-order valence-electron chi connectivity index (χ2n) is 5.81. The standard InChI is InChI=1S/C15H19Br2NO3/c1-11-7-12(17)8-13(18(19)20)14(11)21-10-15(9-16)5-3-2-4-6-15/h7-8H,2-6,9-10H2,1H3. The summed E-state index contributed by atoms with van der Waals surface area (Å²) < 4.78 is 6.63. The van der Waals surface area contributed by atoms with Crippen molar-refractivity contribution in [3.63, 3.8) is 0 Å². The minimum atomic E-state index is -0.380. The summed E-state index contributed by atoms with van der Waals surface area (Å²) in [7, 11) is 0. The maximum Gasteiger partial charge on any atom is 0.312 e. The van der Waals surface area contributed by atoms with E-state index in [1.54, 1.807) is 0 Å². The Morgan fingerprint density at radius 1 is 1.33 bits per heavy atom. The monoisotopic (exact) mass is 419 g/mol. The summed E-state index contributed by atoms with van der Waals surface area (Å²) in [6.45, 7) is 2.37. The van der Waals surface area contributed by atoms with Crippen LogP contribution in [0.2, 0.25) is 0 Å². The molecule has 6 heteroatoms. The predicted molar refractivity (Wildman–Crippen MR) is 90.3 cm³/mol. The van der Waals surface area contributed by atoms with Crippen LogP contribution in [-0.4, -0.2) is 16.9 Å². The van der Waals surface area contributed by atoms with Crippen LogP contribution in [0.25, 0.3) is 0 Å². The van der Waals surface area contributed by atoms with Gasteiger partial charge < -0.3 is 4.74 Å². The summed E-state index contributed by atoms with van der Waals surface area (Å²) in [5.41, 5.74) is 0.921. The predicted octanol–water partition coefficient (Wildman–Crippen LogP) is 5.39. The van der Waals surface area contributed by atoms with E-state index in [1.165, 1.54) is 25.3 Å². The molecule has 116 valence electrons. The van der Waals surface area contributed by atoms with Crippen LogP contribution in [0.1, 0.15) is 37.7 Å². The highest BCUT2D eigenvalue weighted by atomic mass is 79.9. The Kier molecular flexibility index (Phi) is 5.66. The molecule has 1 aromatic rings. The van der Waals surface area contributed by atoms with Crippen LogP contribution in [0, 0.1) is 22.5 Å². The Bertz CT molecular complexity index is 528. The van der Waals surface area contributed by atoms with Crippen LogP contribution in [0.15, 0.2) is 16.6 Å². The van der Waals surface area contributed by atoms with Gasteiger partial charge in [-0.3, -0.25) is 10.1 Å². The average Bonchev–Trinajstić information content (AvgIpc) is 2.46. The molecule has 0 unspecified atom stereocenters. The number of nitro groups is 1. The summed E-state index contributed by atoms with van der Waals surface area (Å²) in [5.74, 6) is 0.397. The third kappa shape index (κ3) is 3.97. The number of ether oxygens (including phenoxy) is 1. The van der Waals surface area contributed by atoms with Gasteiger partial charge in [0.05, 0.1) is 11.5 Å².